The second-order valence-electron chi connectivity index (χ2n) is 5.52. The number of fused-ring (bicyclic) bond motifs is 1. The Bertz CT molecular complexity index is 627. The molecule has 1 fully saturated rings. The van der Waals surface area contributed by atoms with Crippen molar-refractivity contribution < 1.29 is 0 Å². The Morgan fingerprint density at radius 2 is 2.33 bits per heavy atom. The van der Waals surface area contributed by atoms with Gasteiger partial charge in [0.15, 0.2) is 5.65 Å². The van der Waals surface area contributed by atoms with E-state index >= 15 is 0 Å². The standard InChI is InChI=1S/C15H20BrClN4/c1-2-20-7-3-4-12(10-20)21-14(5-6-17)19-13-8-11(16)9-18-15(13)21/h8-9,12H,2-7,10H2,1H3. The van der Waals surface area contributed by atoms with Crippen molar-refractivity contribution in [2.24, 2.45) is 0 Å². The third-order valence-electron chi connectivity index (χ3n) is 4.18. The van der Waals surface area contributed by atoms with Gasteiger partial charge in [-0.2, -0.15) is 0 Å². The van der Waals surface area contributed by atoms with Crippen LogP contribution in [0.4, 0.5) is 0 Å². The second kappa shape index (κ2) is 6.63. The Balaban J connectivity index is 2.04. The molecule has 0 N–H and O–H groups in total. The van der Waals surface area contributed by atoms with Crippen LogP contribution in [0, 0.1) is 0 Å². The first kappa shape index (κ1) is 15.3. The van der Waals surface area contributed by atoms with Crippen molar-refractivity contribution in [1.82, 2.24) is 19.4 Å². The highest BCUT2D eigenvalue weighted by atomic mass is 79.9. The number of imidazole rings is 1. The van der Waals surface area contributed by atoms with E-state index in [1.165, 1.54) is 19.4 Å². The minimum atomic E-state index is 0.454. The van der Waals surface area contributed by atoms with E-state index in [0.717, 1.165) is 41.0 Å². The van der Waals surface area contributed by atoms with E-state index in [2.05, 4.69) is 37.3 Å². The second-order valence-corrected chi connectivity index (χ2v) is 6.82. The number of nitrogens with zero attached hydrogens (tertiary/aromatic N) is 4. The van der Waals surface area contributed by atoms with Gasteiger partial charge in [-0.1, -0.05) is 6.92 Å². The summed E-state index contributed by atoms with van der Waals surface area (Å²) in [6.07, 6.45) is 5.06. The van der Waals surface area contributed by atoms with Crippen LogP contribution in [0.3, 0.4) is 0 Å². The molecule has 1 aliphatic heterocycles. The van der Waals surface area contributed by atoms with E-state index in [4.69, 9.17) is 16.6 Å². The van der Waals surface area contributed by atoms with Crippen molar-refractivity contribution in [3.63, 3.8) is 0 Å². The lowest BCUT2D eigenvalue weighted by Gasteiger charge is -2.33. The summed E-state index contributed by atoms with van der Waals surface area (Å²) in [7, 11) is 0. The molecule has 1 aliphatic rings. The normalized spacial score (nSPS) is 20.2. The van der Waals surface area contributed by atoms with Gasteiger partial charge < -0.3 is 9.47 Å². The Hall–Kier alpha value is -0.650. The average molecular weight is 372 g/mol. The molecule has 3 rings (SSSR count). The molecule has 2 aromatic heterocycles. The first-order valence-electron chi connectivity index (χ1n) is 7.53. The summed E-state index contributed by atoms with van der Waals surface area (Å²) in [5, 5.41) is 0. The highest BCUT2D eigenvalue weighted by molar-refractivity contribution is 9.10. The fourth-order valence-corrected chi connectivity index (χ4v) is 3.67. The van der Waals surface area contributed by atoms with Gasteiger partial charge in [0.2, 0.25) is 0 Å². The zero-order valence-corrected chi connectivity index (χ0v) is 14.6. The van der Waals surface area contributed by atoms with E-state index in [1.54, 1.807) is 0 Å². The number of alkyl halides is 1. The molecule has 21 heavy (non-hydrogen) atoms. The summed E-state index contributed by atoms with van der Waals surface area (Å²) in [5.74, 6) is 1.66. The summed E-state index contributed by atoms with van der Waals surface area (Å²) in [6, 6.07) is 2.49. The molecule has 0 saturated carbocycles. The van der Waals surface area contributed by atoms with Crippen LogP contribution in [0.2, 0.25) is 0 Å². The topological polar surface area (TPSA) is 34.0 Å². The zero-order valence-electron chi connectivity index (χ0n) is 12.2. The number of rotatable bonds is 4. The lowest BCUT2D eigenvalue weighted by Crippen LogP contribution is -2.36. The number of halogens is 2. The molecular weight excluding hydrogens is 352 g/mol. The molecule has 3 heterocycles. The number of aryl methyl sites for hydroxylation is 1. The smallest absolute Gasteiger partial charge is 0.160 e. The molecule has 1 atom stereocenters. The Morgan fingerprint density at radius 3 is 3.10 bits per heavy atom. The van der Waals surface area contributed by atoms with Gasteiger partial charge in [-0.15, -0.1) is 11.6 Å². The molecular formula is C15H20BrClN4. The zero-order chi connectivity index (χ0) is 14.8. The summed E-state index contributed by atoms with van der Waals surface area (Å²) in [6.45, 7) is 5.61. The van der Waals surface area contributed by atoms with Gasteiger partial charge in [0.05, 0.1) is 0 Å². The first-order valence-corrected chi connectivity index (χ1v) is 8.86. The van der Waals surface area contributed by atoms with Crippen LogP contribution in [0.25, 0.3) is 11.2 Å². The molecule has 6 heteroatoms. The van der Waals surface area contributed by atoms with Gasteiger partial charge in [-0.3, -0.25) is 0 Å². The fourth-order valence-electron chi connectivity index (χ4n) is 3.18. The Morgan fingerprint density at radius 1 is 1.48 bits per heavy atom. The lowest BCUT2D eigenvalue weighted by atomic mass is 10.1. The van der Waals surface area contributed by atoms with Crippen LogP contribution in [0.5, 0.6) is 0 Å². The molecule has 2 aromatic rings. The van der Waals surface area contributed by atoms with Crippen molar-refractivity contribution >= 4 is 38.7 Å². The van der Waals surface area contributed by atoms with Crippen molar-refractivity contribution in [2.45, 2.75) is 32.2 Å². The Labute approximate surface area is 138 Å². The summed E-state index contributed by atoms with van der Waals surface area (Å²) in [5.41, 5.74) is 1.94. The van der Waals surface area contributed by atoms with E-state index < -0.39 is 0 Å². The summed E-state index contributed by atoms with van der Waals surface area (Å²) in [4.78, 5) is 11.9. The molecule has 1 saturated heterocycles. The maximum absolute atomic E-state index is 5.97. The molecule has 0 amide bonds. The number of pyridine rings is 1. The third kappa shape index (κ3) is 3.10. The molecule has 0 radical (unpaired) electrons. The van der Waals surface area contributed by atoms with E-state index in [0.29, 0.717) is 11.9 Å². The largest absolute Gasteiger partial charge is 0.308 e. The predicted octanol–water partition coefficient (Wildman–Crippen LogP) is 3.63. The van der Waals surface area contributed by atoms with Gasteiger partial charge in [-0.25, -0.2) is 9.97 Å². The van der Waals surface area contributed by atoms with E-state index in [-0.39, 0.29) is 0 Å². The third-order valence-corrected chi connectivity index (χ3v) is 4.80. The molecule has 114 valence electrons. The van der Waals surface area contributed by atoms with Crippen LogP contribution in [-0.2, 0) is 6.42 Å². The van der Waals surface area contributed by atoms with Crippen LogP contribution >= 0.6 is 27.5 Å². The number of aromatic nitrogens is 3. The van der Waals surface area contributed by atoms with Crippen molar-refractivity contribution in [1.29, 1.82) is 0 Å². The van der Waals surface area contributed by atoms with E-state index in [1.807, 2.05) is 12.3 Å². The number of likely N-dealkylation sites (tertiary alicyclic amines) is 1. The van der Waals surface area contributed by atoms with Crippen LogP contribution in [0.1, 0.15) is 31.6 Å². The van der Waals surface area contributed by atoms with Gasteiger partial charge >= 0.3 is 0 Å². The number of hydrogen-bond acceptors (Lipinski definition) is 3. The number of piperidine rings is 1. The van der Waals surface area contributed by atoms with Gasteiger partial charge in [0.1, 0.15) is 11.3 Å². The average Bonchev–Trinajstić information content (AvgIpc) is 2.84. The van der Waals surface area contributed by atoms with E-state index in [9.17, 15) is 0 Å². The molecule has 4 nitrogen and oxygen atoms in total. The molecule has 0 aliphatic carbocycles. The molecule has 1 unspecified atom stereocenters. The fraction of sp³-hybridized carbons (Fsp3) is 0.600. The van der Waals surface area contributed by atoms with Gasteiger partial charge in [0, 0.05) is 35.6 Å². The quantitative estimate of drug-likeness (QED) is 0.770. The Kier molecular flexibility index (Phi) is 4.82. The highest BCUT2D eigenvalue weighted by Gasteiger charge is 2.24. The number of hydrogen-bond donors (Lipinski definition) is 0. The minimum Gasteiger partial charge on any atom is -0.308 e. The number of likely N-dealkylation sites (N-methyl/N-ethyl adjacent to an activating group) is 1. The lowest BCUT2D eigenvalue weighted by molar-refractivity contribution is 0.185. The van der Waals surface area contributed by atoms with Crippen molar-refractivity contribution in [3.8, 4) is 0 Å². The predicted molar refractivity (Wildman–Crippen MR) is 90.0 cm³/mol. The van der Waals surface area contributed by atoms with Crippen molar-refractivity contribution in [2.75, 3.05) is 25.5 Å². The molecule has 0 aromatic carbocycles. The molecule has 0 spiro atoms. The minimum absolute atomic E-state index is 0.454. The monoisotopic (exact) mass is 370 g/mol. The van der Waals surface area contributed by atoms with Crippen molar-refractivity contribution in [3.05, 3.63) is 22.6 Å². The van der Waals surface area contributed by atoms with Crippen LogP contribution in [0.15, 0.2) is 16.7 Å². The summed E-state index contributed by atoms with van der Waals surface area (Å²) >= 11 is 9.44. The summed E-state index contributed by atoms with van der Waals surface area (Å²) < 4.78 is 3.29. The first-order chi connectivity index (χ1) is 10.2. The van der Waals surface area contributed by atoms with Gasteiger partial charge in [-0.05, 0) is 47.9 Å². The maximum Gasteiger partial charge on any atom is 0.160 e. The molecule has 0 bridgehead atoms. The van der Waals surface area contributed by atoms with Crippen LogP contribution in [-0.4, -0.2) is 44.9 Å². The maximum atomic E-state index is 5.97. The highest BCUT2D eigenvalue weighted by Crippen LogP contribution is 2.28. The van der Waals surface area contributed by atoms with Crippen LogP contribution < -0.4 is 0 Å². The van der Waals surface area contributed by atoms with Gasteiger partial charge in [0.25, 0.3) is 0 Å². The SMILES string of the molecule is CCN1CCCC(n2c(CCCl)nc3cc(Br)cnc32)C1.